The Morgan fingerprint density at radius 3 is 2.25 bits per heavy atom. The van der Waals surface area contributed by atoms with Crippen LogP contribution < -0.4 is 11.1 Å². The molecule has 2 saturated heterocycles. The van der Waals surface area contributed by atoms with Crippen molar-refractivity contribution in [3.05, 3.63) is 54.4 Å². The number of esters is 1. The standard InChI is InChI=1S/C47H70N6O12/c1-13-35-47(8,60-26-54)39(48)29(4)36(55)27(2)25-46(7,65-44(58)51-21-14-16-32-17-19-33(20-18-32)41-49-22-15-23-50-41)40(64-43-37(56)34(52(9)10)24-28(3)61-43)30(5)38(31(6)42(57)62-35)63-45(59)53(11)12/h14-20,22-23,26-31,34-35,37-40,43,56H,13,21,24-25,48H2,1-12H3,(H,51,58)/b16-14+/t27-,28-,29+,30+,31-,34+,35-,37-,38+,39-,40-,43+,46-,47-/m1/s1. The zero-order valence-electron chi connectivity index (χ0n) is 39.8. The number of likely N-dealkylation sites (N-methyl/N-ethyl adjacent to an activating group) is 1. The molecule has 4 rings (SSSR count). The molecule has 2 aromatic rings. The number of nitrogens with zero attached hydrogens (tertiary/aromatic N) is 4. The number of cyclic esters (lactones) is 1. The number of ether oxygens (including phenoxy) is 6. The second kappa shape index (κ2) is 22.9. The van der Waals surface area contributed by atoms with Crippen LogP contribution in [0.25, 0.3) is 17.5 Å². The molecule has 0 saturated carbocycles. The molecule has 360 valence electrons. The first-order chi connectivity index (χ1) is 30.6. The predicted molar refractivity (Wildman–Crippen MR) is 241 cm³/mol. The van der Waals surface area contributed by atoms with Crippen molar-refractivity contribution in [2.24, 2.45) is 29.4 Å². The van der Waals surface area contributed by atoms with Gasteiger partial charge in [-0.05, 0) is 72.7 Å². The molecule has 2 aliphatic heterocycles. The summed E-state index contributed by atoms with van der Waals surface area (Å²) in [5.41, 5.74) is 5.04. The second-order valence-electron chi connectivity index (χ2n) is 18.3. The fraction of sp³-hybridized carbons (Fsp3) is 0.638. The van der Waals surface area contributed by atoms with Crippen molar-refractivity contribution < 1.29 is 57.5 Å². The van der Waals surface area contributed by atoms with Gasteiger partial charge in [-0.3, -0.25) is 14.4 Å². The molecule has 1 aromatic heterocycles. The van der Waals surface area contributed by atoms with Crippen molar-refractivity contribution in [2.75, 3.05) is 34.7 Å². The van der Waals surface area contributed by atoms with Gasteiger partial charge in [-0.15, -0.1) is 0 Å². The summed E-state index contributed by atoms with van der Waals surface area (Å²) in [5.74, 6) is -4.73. The molecule has 2 fully saturated rings. The first kappa shape index (κ1) is 52.6. The molecule has 14 atom stereocenters. The molecule has 2 amide bonds. The van der Waals surface area contributed by atoms with E-state index in [4.69, 9.17) is 34.2 Å². The number of aromatic nitrogens is 2. The third kappa shape index (κ3) is 12.9. The lowest BCUT2D eigenvalue weighted by atomic mass is 9.73. The van der Waals surface area contributed by atoms with Gasteiger partial charge in [0.25, 0.3) is 6.47 Å². The fourth-order valence-corrected chi connectivity index (χ4v) is 8.97. The van der Waals surface area contributed by atoms with Crippen LogP contribution in [0.1, 0.15) is 80.2 Å². The van der Waals surface area contributed by atoms with E-state index in [9.17, 15) is 29.1 Å². The molecule has 1 aromatic carbocycles. The van der Waals surface area contributed by atoms with Crippen molar-refractivity contribution in [1.82, 2.24) is 25.1 Å². The number of ketones is 1. The molecule has 18 nitrogen and oxygen atoms in total. The lowest BCUT2D eigenvalue weighted by Crippen LogP contribution is -2.63. The maximum atomic E-state index is 14.5. The van der Waals surface area contributed by atoms with Gasteiger partial charge in [0.05, 0.1) is 18.1 Å². The van der Waals surface area contributed by atoms with E-state index in [1.54, 1.807) is 59.2 Å². The number of benzene rings is 1. The molecule has 3 heterocycles. The van der Waals surface area contributed by atoms with Gasteiger partial charge in [-0.2, -0.15) is 0 Å². The molecule has 2 aliphatic rings. The summed E-state index contributed by atoms with van der Waals surface area (Å²) in [6.45, 7) is 13.3. The largest absolute Gasteiger partial charge is 0.458 e. The maximum absolute atomic E-state index is 14.5. The van der Waals surface area contributed by atoms with Crippen LogP contribution in [0.4, 0.5) is 9.59 Å². The number of Topliss-reactive ketones (excluding diaryl/α,β-unsaturated/α-hetero) is 1. The molecule has 18 heteroatoms. The highest BCUT2D eigenvalue weighted by molar-refractivity contribution is 5.84. The summed E-state index contributed by atoms with van der Waals surface area (Å²) in [6, 6.07) is 7.72. The molecular formula is C47H70N6O12. The number of rotatable bonds is 12. The smallest absolute Gasteiger partial charge is 0.409 e. The van der Waals surface area contributed by atoms with Crippen molar-refractivity contribution in [1.29, 1.82) is 0 Å². The van der Waals surface area contributed by atoms with E-state index in [1.807, 2.05) is 56.3 Å². The summed E-state index contributed by atoms with van der Waals surface area (Å²) in [4.78, 5) is 80.0. The van der Waals surface area contributed by atoms with Gasteiger partial charge >= 0.3 is 18.2 Å². The molecular weight excluding hydrogens is 841 g/mol. The van der Waals surface area contributed by atoms with Crippen LogP contribution in [-0.4, -0.2) is 150 Å². The summed E-state index contributed by atoms with van der Waals surface area (Å²) in [5, 5.41) is 14.5. The number of hydrogen-bond donors (Lipinski definition) is 3. The zero-order chi connectivity index (χ0) is 48.4. The van der Waals surface area contributed by atoms with Gasteiger partial charge in [0.2, 0.25) is 0 Å². The first-order valence-electron chi connectivity index (χ1n) is 22.2. The number of nitrogens with one attached hydrogen (secondary N) is 1. The van der Waals surface area contributed by atoms with E-state index in [0.29, 0.717) is 12.2 Å². The summed E-state index contributed by atoms with van der Waals surface area (Å²) >= 11 is 0. The van der Waals surface area contributed by atoms with Gasteiger partial charge in [-0.1, -0.05) is 64.1 Å². The Hall–Kier alpha value is -5.01. The second-order valence-corrected chi connectivity index (χ2v) is 18.3. The molecule has 0 bridgehead atoms. The molecule has 0 spiro atoms. The van der Waals surface area contributed by atoms with Crippen molar-refractivity contribution in [2.45, 2.75) is 135 Å². The molecule has 4 N–H and O–H groups in total. The molecule has 0 radical (unpaired) electrons. The number of hydrogen-bond acceptors (Lipinski definition) is 16. The number of amides is 2. The van der Waals surface area contributed by atoms with E-state index in [0.717, 1.165) is 11.1 Å². The number of aliphatic hydroxyl groups excluding tert-OH is 1. The van der Waals surface area contributed by atoms with Crippen LogP contribution in [0, 0.1) is 23.7 Å². The van der Waals surface area contributed by atoms with E-state index in [2.05, 4.69) is 15.3 Å². The van der Waals surface area contributed by atoms with Crippen molar-refractivity contribution in [3.8, 4) is 11.4 Å². The third-order valence-electron chi connectivity index (χ3n) is 12.8. The van der Waals surface area contributed by atoms with Gasteiger partial charge in [-0.25, -0.2) is 19.6 Å². The zero-order valence-corrected chi connectivity index (χ0v) is 39.8. The summed E-state index contributed by atoms with van der Waals surface area (Å²) in [7, 11) is 6.61. The minimum absolute atomic E-state index is 0.0340. The Kier molecular flexibility index (Phi) is 18.6. The molecule has 0 aliphatic carbocycles. The van der Waals surface area contributed by atoms with Crippen molar-refractivity contribution >= 4 is 36.5 Å². The SMILES string of the molecule is CC[C@H]1OC(=O)[C@H](C)[C@@H](OC(=O)N(C)C)[C@H](C)[C@@H](O[C@@H]2O[C@H](C)C[C@H](N(C)C)[C@H]2O)[C@](C)(OC(=O)NC/C=C/c2ccc(-c3ncccn3)cc2)C[C@@H](C)C(=O)[C@H](C)[C@@H](N)[C@]1(C)OC=O. The van der Waals surface area contributed by atoms with E-state index < -0.39 is 95.8 Å². The minimum atomic E-state index is -1.77. The number of aliphatic hydroxyl groups is 1. The average molecular weight is 911 g/mol. The first-order valence-corrected chi connectivity index (χ1v) is 22.2. The predicted octanol–water partition coefficient (Wildman–Crippen LogP) is 4.62. The lowest BCUT2D eigenvalue weighted by molar-refractivity contribution is -0.298. The van der Waals surface area contributed by atoms with Gasteiger partial charge in [0.1, 0.15) is 35.8 Å². The number of carbonyl (C=O) groups is 5. The van der Waals surface area contributed by atoms with Crippen LogP contribution in [-0.2, 0) is 42.8 Å². The quantitative estimate of drug-likeness (QED) is 0.150. The monoisotopic (exact) mass is 911 g/mol. The Morgan fingerprint density at radius 2 is 1.66 bits per heavy atom. The summed E-state index contributed by atoms with van der Waals surface area (Å²) < 4.78 is 37.2. The number of carbonyl (C=O) groups excluding carboxylic acids is 5. The van der Waals surface area contributed by atoms with Crippen LogP contribution >= 0.6 is 0 Å². The Balaban J connectivity index is 1.81. The van der Waals surface area contributed by atoms with Crippen LogP contribution in [0.3, 0.4) is 0 Å². The van der Waals surface area contributed by atoms with Crippen LogP contribution in [0.2, 0.25) is 0 Å². The van der Waals surface area contributed by atoms with E-state index in [1.165, 1.54) is 32.8 Å². The molecule has 65 heavy (non-hydrogen) atoms. The van der Waals surface area contributed by atoms with E-state index >= 15 is 0 Å². The minimum Gasteiger partial charge on any atom is -0.458 e. The van der Waals surface area contributed by atoms with E-state index in [-0.39, 0.29) is 37.7 Å². The van der Waals surface area contributed by atoms with Gasteiger partial charge < -0.3 is 54.4 Å². The van der Waals surface area contributed by atoms with Crippen LogP contribution in [0.15, 0.2) is 48.8 Å². The Labute approximate surface area is 382 Å². The Morgan fingerprint density at radius 1 is 1.02 bits per heavy atom. The van der Waals surface area contributed by atoms with Crippen molar-refractivity contribution in [3.63, 3.8) is 0 Å². The topological polar surface area (TPSA) is 231 Å². The normalized spacial score (nSPS) is 34.0. The maximum Gasteiger partial charge on any atom is 0.409 e. The number of alkyl carbamates (subject to hydrolysis) is 1. The van der Waals surface area contributed by atoms with Crippen LogP contribution in [0.5, 0.6) is 0 Å². The number of nitrogens with two attached hydrogens (primary N) is 1. The average Bonchev–Trinajstić information content (AvgIpc) is 3.27. The summed E-state index contributed by atoms with van der Waals surface area (Å²) in [6.07, 6.45) is -1.03. The van der Waals surface area contributed by atoms with Gasteiger partial charge in [0.15, 0.2) is 17.7 Å². The third-order valence-corrected chi connectivity index (χ3v) is 12.8. The van der Waals surface area contributed by atoms with Gasteiger partial charge in [0, 0.05) is 62.4 Å². The Bertz CT molecular complexity index is 1940. The molecule has 0 unspecified atom stereocenters. The lowest BCUT2D eigenvalue weighted by Gasteiger charge is -2.48. The fourth-order valence-electron chi connectivity index (χ4n) is 8.97. The highest BCUT2D eigenvalue weighted by Gasteiger charge is 2.54. The highest BCUT2D eigenvalue weighted by atomic mass is 16.7. The highest BCUT2D eigenvalue weighted by Crippen LogP contribution is 2.41.